The predicted octanol–water partition coefficient (Wildman–Crippen LogP) is 2.10. The first kappa shape index (κ1) is 10.5. The molecule has 0 saturated carbocycles. The highest BCUT2D eigenvalue weighted by atomic mass is 16.5. The van der Waals surface area contributed by atoms with E-state index in [0.29, 0.717) is 5.75 Å². The zero-order valence-electron chi connectivity index (χ0n) is 8.63. The maximum Gasteiger partial charge on any atom is 0.174 e. The number of hydrogen-bond donors (Lipinski definition) is 1. The minimum Gasteiger partial charge on any atom is -0.489 e. The molecule has 16 heavy (non-hydrogen) atoms. The average Bonchev–Trinajstić information content (AvgIpc) is 2.35. The number of aliphatic hydroxyl groups excluding tert-OH is 1. The van der Waals surface area contributed by atoms with E-state index in [-0.39, 0.29) is 6.61 Å². The highest BCUT2D eigenvalue weighted by Gasteiger charge is 2.05. The van der Waals surface area contributed by atoms with Gasteiger partial charge in [0.15, 0.2) is 6.10 Å². The molecule has 1 unspecified atom stereocenters. The van der Waals surface area contributed by atoms with E-state index < -0.39 is 6.10 Å². The van der Waals surface area contributed by atoms with Crippen LogP contribution in [0.4, 0.5) is 0 Å². The first-order valence-corrected chi connectivity index (χ1v) is 4.99. The fraction of sp³-hybridized carbons (Fsp3) is 0.154. The van der Waals surface area contributed by atoms with Crippen LogP contribution in [0.1, 0.15) is 0 Å². The van der Waals surface area contributed by atoms with Crippen LogP contribution in [-0.4, -0.2) is 17.8 Å². The van der Waals surface area contributed by atoms with Crippen LogP contribution < -0.4 is 4.74 Å². The number of aliphatic hydroxyl groups is 1. The number of nitrogens with zero attached hydrogens (tertiary/aromatic N) is 1. The van der Waals surface area contributed by atoms with Crippen LogP contribution in [0.5, 0.6) is 5.75 Å². The second kappa shape index (κ2) is 4.65. The lowest BCUT2D eigenvalue weighted by molar-refractivity contribution is 0.151. The molecule has 2 aromatic rings. The van der Waals surface area contributed by atoms with Crippen molar-refractivity contribution in [3.8, 4) is 11.8 Å². The van der Waals surface area contributed by atoms with Crippen LogP contribution in [0.15, 0.2) is 42.5 Å². The highest BCUT2D eigenvalue weighted by molar-refractivity contribution is 5.88. The van der Waals surface area contributed by atoms with Gasteiger partial charge < -0.3 is 9.84 Å². The topological polar surface area (TPSA) is 53.2 Å². The molecule has 3 heteroatoms. The van der Waals surface area contributed by atoms with Crippen LogP contribution in [0.25, 0.3) is 10.8 Å². The summed E-state index contributed by atoms with van der Waals surface area (Å²) in [6, 6.07) is 15.2. The Morgan fingerprint density at radius 2 is 1.94 bits per heavy atom. The summed E-state index contributed by atoms with van der Waals surface area (Å²) in [7, 11) is 0. The van der Waals surface area contributed by atoms with Crippen molar-refractivity contribution in [2.24, 2.45) is 0 Å². The van der Waals surface area contributed by atoms with Crippen LogP contribution in [0.2, 0.25) is 0 Å². The molecule has 0 amide bonds. The second-order valence-corrected chi connectivity index (χ2v) is 3.43. The first-order valence-electron chi connectivity index (χ1n) is 4.99. The van der Waals surface area contributed by atoms with Crippen LogP contribution >= 0.6 is 0 Å². The minimum absolute atomic E-state index is 0.00942. The average molecular weight is 213 g/mol. The van der Waals surface area contributed by atoms with Gasteiger partial charge in [0.1, 0.15) is 12.4 Å². The van der Waals surface area contributed by atoms with E-state index in [4.69, 9.17) is 15.1 Å². The molecule has 0 fully saturated rings. The van der Waals surface area contributed by atoms with Gasteiger partial charge in [0, 0.05) is 5.39 Å². The zero-order chi connectivity index (χ0) is 11.4. The molecule has 1 N–H and O–H groups in total. The molecule has 1 atom stereocenters. The molecule has 0 bridgehead atoms. The molecule has 3 nitrogen and oxygen atoms in total. The molecule has 0 aliphatic carbocycles. The van der Waals surface area contributed by atoms with Gasteiger partial charge in [0.2, 0.25) is 0 Å². The van der Waals surface area contributed by atoms with Crippen LogP contribution in [-0.2, 0) is 0 Å². The fourth-order valence-corrected chi connectivity index (χ4v) is 1.53. The normalized spacial score (nSPS) is 12.0. The highest BCUT2D eigenvalue weighted by Crippen LogP contribution is 2.25. The molecule has 0 radical (unpaired) electrons. The summed E-state index contributed by atoms with van der Waals surface area (Å²) >= 11 is 0. The lowest BCUT2D eigenvalue weighted by Gasteiger charge is -2.09. The lowest BCUT2D eigenvalue weighted by atomic mass is 10.1. The number of nitriles is 1. The van der Waals surface area contributed by atoms with Gasteiger partial charge in [-0.2, -0.15) is 5.26 Å². The smallest absolute Gasteiger partial charge is 0.174 e. The van der Waals surface area contributed by atoms with E-state index in [0.717, 1.165) is 10.8 Å². The Labute approximate surface area is 93.5 Å². The number of hydrogen-bond acceptors (Lipinski definition) is 3. The summed E-state index contributed by atoms with van der Waals surface area (Å²) in [5, 5.41) is 19.6. The van der Waals surface area contributed by atoms with E-state index in [2.05, 4.69) is 0 Å². The van der Waals surface area contributed by atoms with Crippen molar-refractivity contribution >= 4 is 10.8 Å². The molecule has 0 spiro atoms. The summed E-state index contributed by atoms with van der Waals surface area (Å²) < 4.78 is 5.40. The van der Waals surface area contributed by atoms with E-state index in [1.807, 2.05) is 42.5 Å². The van der Waals surface area contributed by atoms with Crippen molar-refractivity contribution in [2.45, 2.75) is 6.10 Å². The summed E-state index contributed by atoms with van der Waals surface area (Å²) in [6.07, 6.45) is -1.08. The molecule has 0 aromatic heterocycles. The van der Waals surface area contributed by atoms with Gasteiger partial charge in [-0.15, -0.1) is 0 Å². The maximum absolute atomic E-state index is 9.11. The Morgan fingerprint density at radius 1 is 1.19 bits per heavy atom. The van der Waals surface area contributed by atoms with E-state index in [9.17, 15) is 0 Å². The van der Waals surface area contributed by atoms with Gasteiger partial charge in [-0.05, 0) is 11.5 Å². The Bertz CT molecular complexity index is 525. The Balaban J connectivity index is 2.28. The molecule has 2 rings (SSSR count). The van der Waals surface area contributed by atoms with Gasteiger partial charge in [0.05, 0.1) is 6.07 Å². The largest absolute Gasteiger partial charge is 0.489 e. The molecular weight excluding hydrogens is 202 g/mol. The van der Waals surface area contributed by atoms with E-state index in [1.165, 1.54) is 0 Å². The molecule has 0 saturated heterocycles. The van der Waals surface area contributed by atoms with Crippen molar-refractivity contribution in [1.29, 1.82) is 5.26 Å². The Kier molecular flexibility index (Phi) is 3.04. The standard InChI is InChI=1S/C13H11NO2/c14-8-11(15)9-16-13-7-3-5-10-4-1-2-6-12(10)13/h1-7,11,15H,9H2. The van der Waals surface area contributed by atoms with Gasteiger partial charge in [0.25, 0.3) is 0 Å². The van der Waals surface area contributed by atoms with Gasteiger partial charge in [-0.1, -0.05) is 36.4 Å². The molecule has 0 heterocycles. The molecule has 80 valence electrons. The summed E-state index contributed by atoms with van der Waals surface area (Å²) in [4.78, 5) is 0. The zero-order valence-corrected chi connectivity index (χ0v) is 8.63. The minimum atomic E-state index is -1.08. The second-order valence-electron chi connectivity index (χ2n) is 3.43. The van der Waals surface area contributed by atoms with E-state index >= 15 is 0 Å². The lowest BCUT2D eigenvalue weighted by Crippen LogP contribution is -2.14. The van der Waals surface area contributed by atoms with Crippen molar-refractivity contribution in [3.05, 3.63) is 42.5 Å². The van der Waals surface area contributed by atoms with Crippen LogP contribution in [0.3, 0.4) is 0 Å². The monoisotopic (exact) mass is 213 g/mol. The Hall–Kier alpha value is -2.05. The summed E-state index contributed by atoms with van der Waals surface area (Å²) in [5.41, 5.74) is 0. The van der Waals surface area contributed by atoms with Crippen molar-refractivity contribution in [3.63, 3.8) is 0 Å². The van der Waals surface area contributed by atoms with Crippen molar-refractivity contribution in [2.75, 3.05) is 6.61 Å². The SMILES string of the molecule is N#CC(O)COc1cccc2ccccc12. The third-order valence-electron chi connectivity index (χ3n) is 2.30. The maximum atomic E-state index is 9.11. The quantitative estimate of drug-likeness (QED) is 0.794. The number of fused-ring (bicyclic) bond motifs is 1. The number of ether oxygens (including phenoxy) is 1. The first-order chi connectivity index (χ1) is 7.81. The van der Waals surface area contributed by atoms with Gasteiger partial charge in [-0.3, -0.25) is 0 Å². The Morgan fingerprint density at radius 3 is 2.75 bits per heavy atom. The van der Waals surface area contributed by atoms with Gasteiger partial charge >= 0.3 is 0 Å². The van der Waals surface area contributed by atoms with E-state index in [1.54, 1.807) is 6.07 Å². The third kappa shape index (κ3) is 2.13. The summed E-state index contributed by atoms with van der Waals surface area (Å²) in [5.74, 6) is 0.687. The summed E-state index contributed by atoms with van der Waals surface area (Å²) in [6.45, 7) is -0.00942. The number of rotatable bonds is 3. The van der Waals surface area contributed by atoms with Crippen molar-refractivity contribution < 1.29 is 9.84 Å². The van der Waals surface area contributed by atoms with Crippen molar-refractivity contribution in [1.82, 2.24) is 0 Å². The molecule has 2 aromatic carbocycles. The predicted molar refractivity (Wildman–Crippen MR) is 61.1 cm³/mol. The fourth-order valence-electron chi connectivity index (χ4n) is 1.53. The molecule has 0 aliphatic rings. The van der Waals surface area contributed by atoms with Gasteiger partial charge in [-0.25, -0.2) is 0 Å². The molecule has 0 aliphatic heterocycles. The molecular formula is C13H11NO2. The third-order valence-corrected chi connectivity index (χ3v) is 2.30. The van der Waals surface area contributed by atoms with Crippen LogP contribution in [0, 0.1) is 11.3 Å². The number of benzene rings is 2.